The quantitative estimate of drug-likeness (QED) is 0.302. The molecule has 1 aromatic carbocycles. The third-order valence-electron chi connectivity index (χ3n) is 2.23. The monoisotopic (exact) mass is 343 g/mol. The van der Waals surface area contributed by atoms with Crippen molar-refractivity contribution in [2.24, 2.45) is 4.99 Å². The first-order chi connectivity index (χ1) is 8.61. The number of halogens is 1. The van der Waals surface area contributed by atoms with Crippen molar-refractivity contribution in [1.29, 1.82) is 0 Å². The van der Waals surface area contributed by atoms with Crippen molar-refractivity contribution in [2.75, 3.05) is 0 Å². The van der Waals surface area contributed by atoms with Crippen LogP contribution in [0.25, 0.3) is 0 Å². The Balaban J connectivity index is 0.00000361. The predicted octanol–water partition coefficient (Wildman–Crippen LogP) is -1.73. The van der Waals surface area contributed by atoms with E-state index >= 15 is 0 Å². The molecule has 0 spiro atoms. The molecule has 0 aliphatic rings. The second-order valence-corrected chi connectivity index (χ2v) is 5.74. The van der Waals surface area contributed by atoms with Gasteiger partial charge in [0.25, 0.3) is 10.1 Å². The van der Waals surface area contributed by atoms with E-state index in [0.717, 1.165) is 12.1 Å². The van der Waals surface area contributed by atoms with Gasteiger partial charge in [-0.2, -0.15) is 8.42 Å². The molecule has 0 fully saturated rings. The van der Waals surface area contributed by atoms with E-state index in [-0.39, 0.29) is 74.3 Å². The molecule has 0 saturated heterocycles. The van der Waals surface area contributed by atoms with Crippen LogP contribution < -0.4 is 56.5 Å². The standard InChI is InChI=1S/C11H12ClNO5S.K/c1-6(14)3-11(15)13-10-5-8(19(16,17)18)4-9(12)7(10)2;/h4-5H,3H2,1-2H3,(H,13,15)(H,16,17,18);/q;+1/p-1. The van der Waals surface area contributed by atoms with Crippen molar-refractivity contribution < 1.29 is 74.3 Å². The van der Waals surface area contributed by atoms with Crippen molar-refractivity contribution in [1.82, 2.24) is 0 Å². The van der Waals surface area contributed by atoms with Gasteiger partial charge in [0.2, 0.25) is 0 Å². The van der Waals surface area contributed by atoms with Crippen molar-refractivity contribution in [2.45, 2.75) is 25.2 Å². The van der Waals surface area contributed by atoms with Crippen molar-refractivity contribution in [3.63, 3.8) is 0 Å². The molecule has 1 N–H and O–H groups in total. The van der Waals surface area contributed by atoms with Crippen molar-refractivity contribution in [3.05, 3.63) is 22.7 Å². The van der Waals surface area contributed by atoms with E-state index in [9.17, 15) is 18.3 Å². The van der Waals surface area contributed by atoms with Crippen LogP contribution in [0, 0.1) is 6.92 Å². The van der Waals surface area contributed by atoms with Crippen LogP contribution in [-0.2, 0) is 14.9 Å². The molecule has 0 bridgehead atoms. The van der Waals surface area contributed by atoms with Crippen LogP contribution in [0.15, 0.2) is 22.0 Å². The normalized spacial score (nSPS) is 11.9. The molecular formula is C11H11ClKNO5S. The molecule has 0 unspecified atom stereocenters. The first kappa shape index (κ1) is 20.2. The molecular weight excluding hydrogens is 333 g/mol. The van der Waals surface area contributed by atoms with Gasteiger partial charge in [0, 0.05) is 11.4 Å². The van der Waals surface area contributed by atoms with Gasteiger partial charge in [-0.25, -0.2) is 0 Å². The second-order valence-electron chi connectivity index (χ2n) is 3.91. The Hall–Kier alpha value is 0.196. The maximum Gasteiger partial charge on any atom is 1.00 e. The fraction of sp³-hybridized carbons (Fsp3) is 0.273. The van der Waals surface area contributed by atoms with Gasteiger partial charge in [-0.3, -0.25) is 14.3 Å². The minimum Gasteiger partial charge on any atom is -0.861 e. The van der Waals surface area contributed by atoms with E-state index in [4.69, 9.17) is 16.2 Å². The molecule has 0 saturated carbocycles. The van der Waals surface area contributed by atoms with Gasteiger partial charge < -0.3 is 5.11 Å². The van der Waals surface area contributed by atoms with Crippen LogP contribution in [0.1, 0.15) is 18.9 Å². The van der Waals surface area contributed by atoms with Crippen molar-refractivity contribution in [3.8, 4) is 0 Å². The molecule has 6 nitrogen and oxygen atoms in total. The molecule has 9 heteroatoms. The van der Waals surface area contributed by atoms with Gasteiger partial charge >= 0.3 is 51.4 Å². The van der Waals surface area contributed by atoms with Gasteiger partial charge in [0.05, 0.1) is 10.6 Å². The summed E-state index contributed by atoms with van der Waals surface area (Å²) in [5.41, 5.74) is 0.386. The number of carbonyl (C=O) groups is 1. The van der Waals surface area contributed by atoms with E-state index in [1.54, 1.807) is 0 Å². The van der Waals surface area contributed by atoms with Crippen LogP contribution in [0.4, 0.5) is 5.69 Å². The molecule has 0 radical (unpaired) electrons. The topological polar surface area (TPSA) is 107 Å². The summed E-state index contributed by atoms with van der Waals surface area (Å²) >= 11 is 5.80. The molecule has 1 rings (SSSR count). The molecule has 0 atom stereocenters. The molecule has 0 aliphatic carbocycles. The van der Waals surface area contributed by atoms with Crippen LogP contribution in [-0.4, -0.2) is 24.7 Å². The number of Topliss-reactive ketones (excluding diaryl/α,β-unsaturated/α-hetero) is 1. The Bertz CT molecular complexity index is 657. The fourth-order valence-corrected chi connectivity index (χ4v) is 2.10. The maximum atomic E-state index is 11.4. The minimum atomic E-state index is -4.45. The van der Waals surface area contributed by atoms with Crippen LogP contribution in [0.2, 0.25) is 5.02 Å². The Morgan fingerprint density at radius 1 is 1.45 bits per heavy atom. The average molecular weight is 344 g/mol. The average Bonchev–Trinajstić information content (AvgIpc) is 2.21. The number of hydrogen-bond acceptors (Lipinski definition) is 5. The summed E-state index contributed by atoms with van der Waals surface area (Å²) in [4.78, 5) is 13.9. The predicted molar refractivity (Wildman–Crippen MR) is 68.4 cm³/mol. The van der Waals surface area contributed by atoms with Gasteiger partial charge in [0.15, 0.2) is 0 Å². The third kappa shape index (κ3) is 5.90. The zero-order valence-corrected chi connectivity index (χ0v) is 15.9. The van der Waals surface area contributed by atoms with Gasteiger partial charge in [-0.15, -0.1) is 0 Å². The summed E-state index contributed by atoms with van der Waals surface area (Å²) in [5, 5.41) is 11.5. The minimum absolute atomic E-state index is 0. The Kier molecular flexibility index (Phi) is 8.07. The number of benzene rings is 1. The van der Waals surface area contributed by atoms with E-state index in [0.29, 0.717) is 5.56 Å². The Labute approximate surface area is 164 Å². The summed E-state index contributed by atoms with van der Waals surface area (Å²) in [6, 6.07) is 2.08. The van der Waals surface area contributed by atoms with Gasteiger partial charge in [0.1, 0.15) is 5.78 Å². The molecule has 1 aromatic rings. The number of hydrogen-bond donors (Lipinski definition) is 1. The van der Waals surface area contributed by atoms with E-state index in [1.165, 1.54) is 13.8 Å². The summed E-state index contributed by atoms with van der Waals surface area (Å²) in [6.07, 6.45) is -0.382. The molecule has 0 heterocycles. The largest absolute Gasteiger partial charge is 1.00 e. The molecule has 0 amide bonds. The third-order valence-corrected chi connectivity index (χ3v) is 3.46. The summed E-state index contributed by atoms with van der Waals surface area (Å²) in [7, 11) is -4.45. The number of rotatable bonds is 4. The second kappa shape index (κ2) is 7.99. The molecule has 0 aromatic heterocycles. The first-order valence-corrected chi connectivity index (χ1v) is 6.94. The smallest absolute Gasteiger partial charge is 0.861 e. The zero-order chi connectivity index (χ0) is 14.8. The Morgan fingerprint density at radius 2 is 2.00 bits per heavy atom. The van der Waals surface area contributed by atoms with E-state index in [1.807, 2.05) is 0 Å². The maximum absolute atomic E-state index is 11.4. The number of aliphatic imine (C=N–C) groups is 1. The number of ketones is 1. The summed E-state index contributed by atoms with van der Waals surface area (Å²) in [5.74, 6) is -1.07. The van der Waals surface area contributed by atoms with Crippen LogP contribution in [0.3, 0.4) is 0 Å². The van der Waals surface area contributed by atoms with Crippen molar-refractivity contribution >= 4 is 39.1 Å². The summed E-state index contributed by atoms with van der Waals surface area (Å²) < 4.78 is 31.0. The van der Waals surface area contributed by atoms with E-state index in [2.05, 4.69) is 4.99 Å². The molecule has 104 valence electrons. The molecule has 0 aliphatic heterocycles. The Morgan fingerprint density at radius 3 is 2.45 bits per heavy atom. The van der Waals surface area contributed by atoms with Gasteiger partial charge in [-0.05, 0) is 37.4 Å². The van der Waals surface area contributed by atoms with Gasteiger partial charge in [-0.1, -0.05) is 11.6 Å². The van der Waals surface area contributed by atoms with E-state index < -0.39 is 20.9 Å². The molecule has 20 heavy (non-hydrogen) atoms. The zero-order valence-electron chi connectivity index (χ0n) is 11.2. The first-order valence-electron chi connectivity index (χ1n) is 5.13. The summed E-state index contributed by atoms with van der Waals surface area (Å²) in [6.45, 7) is 2.78. The SMILES string of the molecule is CC(=O)CC([O-])=Nc1cc(S(=O)(=O)O)cc(Cl)c1C.[K+]. The van der Waals surface area contributed by atoms with Crippen LogP contribution in [0.5, 0.6) is 0 Å². The number of carbonyl (C=O) groups excluding carboxylic acids is 1. The fourth-order valence-electron chi connectivity index (χ4n) is 1.29. The van der Waals surface area contributed by atoms with Crippen LogP contribution >= 0.6 is 11.6 Å². The number of nitrogens with zero attached hydrogens (tertiary/aromatic N) is 1.